The van der Waals surface area contributed by atoms with Crippen LogP contribution in [0, 0.1) is 0 Å². The molecule has 0 saturated heterocycles. The highest BCUT2D eigenvalue weighted by atomic mass is 19.4. The van der Waals surface area contributed by atoms with E-state index >= 15 is 0 Å². The number of halogens is 3. The quantitative estimate of drug-likeness (QED) is 0.302. The van der Waals surface area contributed by atoms with Crippen molar-refractivity contribution in [3.63, 3.8) is 0 Å². The Bertz CT molecular complexity index is 1320. The smallest absolute Gasteiger partial charge is 0.305 e. The molecule has 1 amide bonds. The Morgan fingerprint density at radius 2 is 1.58 bits per heavy atom. The van der Waals surface area contributed by atoms with Gasteiger partial charge in [0.15, 0.2) is 0 Å². The summed E-state index contributed by atoms with van der Waals surface area (Å²) in [7, 11) is 0. The summed E-state index contributed by atoms with van der Waals surface area (Å²) in [6, 6.07) is 19.0. The van der Waals surface area contributed by atoms with E-state index in [2.05, 4.69) is 16.6 Å². The number of pyridine rings is 1. The molecule has 0 aliphatic carbocycles. The van der Waals surface area contributed by atoms with Gasteiger partial charge in [-0.15, -0.1) is 0 Å². The number of hydrogen-bond acceptors (Lipinski definition) is 3. The highest BCUT2D eigenvalue weighted by molar-refractivity contribution is 6.13. The molecule has 0 aliphatic heterocycles. The first-order valence-corrected chi connectivity index (χ1v) is 9.33. The number of alkyl halides is 3. The number of aromatic nitrogens is 1. The molecule has 4 aromatic rings. The average Bonchev–Trinajstić information content (AvgIpc) is 2.74. The second-order valence-electron chi connectivity index (χ2n) is 6.91. The second kappa shape index (κ2) is 8.06. The highest BCUT2D eigenvalue weighted by Gasteiger charge is 2.31. The molecule has 1 aromatic heterocycles. The van der Waals surface area contributed by atoms with Gasteiger partial charge in [0, 0.05) is 17.8 Å². The summed E-state index contributed by atoms with van der Waals surface area (Å²) >= 11 is 0. The number of nitrogens with zero attached hydrogens (tertiary/aromatic N) is 2. The average molecular weight is 423 g/mol. The van der Waals surface area contributed by atoms with E-state index in [1.807, 2.05) is 48.5 Å². The van der Waals surface area contributed by atoms with Crippen LogP contribution in [0.15, 0.2) is 82.8 Å². The van der Waals surface area contributed by atoms with E-state index in [-0.39, 0.29) is 0 Å². The number of amides is 1. The number of benzene rings is 3. The lowest BCUT2D eigenvalue weighted by Crippen LogP contribution is -2.30. The maximum absolute atomic E-state index is 12.8. The summed E-state index contributed by atoms with van der Waals surface area (Å²) in [6.07, 6.45) is -2.50. The summed E-state index contributed by atoms with van der Waals surface area (Å²) in [5.74, 6) is -0.720. The molecule has 0 radical (unpaired) electrons. The van der Waals surface area contributed by atoms with Crippen LogP contribution in [0.1, 0.15) is 11.1 Å². The molecule has 0 aliphatic rings. The number of hydrazone groups is 1. The minimum absolute atomic E-state index is 0.587. The minimum Gasteiger partial charge on any atom is -0.305 e. The third-order valence-electron chi connectivity index (χ3n) is 4.82. The topological polar surface area (TPSA) is 63.5 Å². The SMILES string of the molecule is O=C(Cn1cc(C(F)(F)F)ccc1=O)N/N=C\c1c2ccccc2cc2ccccc12. The number of hydrogen-bond donors (Lipinski definition) is 1. The fraction of sp³-hybridized carbons (Fsp3) is 0.0870. The van der Waals surface area contributed by atoms with Crippen molar-refractivity contribution in [3.8, 4) is 0 Å². The molecule has 0 fully saturated rings. The molecule has 0 unspecified atom stereocenters. The molecular formula is C23H16F3N3O2. The van der Waals surface area contributed by atoms with Gasteiger partial charge in [0.25, 0.3) is 11.5 Å². The molecule has 156 valence electrons. The van der Waals surface area contributed by atoms with E-state index in [0.29, 0.717) is 16.8 Å². The molecule has 0 saturated carbocycles. The highest BCUT2D eigenvalue weighted by Crippen LogP contribution is 2.28. The predicted octanol–water partition coefficient (Wildman–Crippen LogP) is 4.32. The van der Waals surface area contributed by atoms with Crippen LogP contribution in [0.2, 0.25) is 0 Å². The third-order valence-corrected chi connectivity index (χ3v) is 4.82. The van der Waals surface area contributed by atoms with Gasteiger partial charge in [-0.1, -0.05) is 48.5 Å². The van der Waals surface area contributed by atoms with Crippen LogP contribution < -0.4 is 11.0 Å². The minimum atomic E-state index is -4.61. The van der Waals surface area contributed by atoms with Crippen molar-refractivity contribution in [1.29, 1.82) is 0 Å². The van der Waals surface area contributed by atoms with E-state index in [1.165, 1.54) is 6.21 Å². The van der Waals surface area contributed by atoms with Crippen LogP contribution in [0.3, 0.4) is 0 Å². The first kappa shape index (κ1) is 20.3. The monoisotopic (exact) mass is 423 g/mol. The van der Waals surface area contributed by atoms with Crippen molar-refractivity contribution in [2.45, 2.75) is 12.7 Å². The lowest BCUT2D eigenvalue weighted by Gasteiger charge is -2.10. The van der Waals surface area contributed by atoms with Crippen LogP contribution >= 0.6 is 0 Å². The van der Waals surface area contributed by atoms with E-state index in [0.717, 1.165) is 33.2 Å². The molecule has 1 heterocycles. The van der Waals surface area contributed by atoms with Crippen molar-refractivity contribution in [2.75, 3.05) is 0 Å². The third kappa shape index (κ3) is 4.32. The van der Waals surface area contributed by atoms with Crippen molar-refractivity contribution in [1.82, 2.24) is 9.99 Å². The molecular weight excluding hydrogens is 407 g/mol. The summed E-state index contributed by atoms with van der Waals surface area (Å²) in [5, 5.41) is 7.86. The molecule has 1 N–H and O–H groups in total. The van der Waals surface area contributed by atoms with Gasteiger partial charge in [0.1, 0.15) is 6.54 Å². The zero-order chi connectivity index (χ0) is 22.0. The zero-order valence-corrected chi connectivity index (χ0v) is 16.1. The van der Waals surface area contributed by atoms with E-state index in [4.69, 9.17) is 0 Å². The largest absolute Gasteiger partial charge is 0.417 e. The maximum atomic E-state index is 12.8. The Kier molecular flexibility index (Phi) is 5.29. The number of carbonyl (C=O) groups excluding carboxylic acids is 1. The molecule has 5 nitrogen and oxygen atoms in total. The fourth-order valence-corrected chi connectivity index (χ4v) is 3.37. The lowest BCUT2D eigenvalue weighted by atomic mass is 9.97. The fourth-order valence-electron chi connectivity index (χ4n) is 3.37. The van der Waals surface area contributed by atoms with Gasteiger partial charge in [0.05, 0.1) is 11.8 Å². The standard InChI is InChI=1S/C23H16F3N3O2/c24-23(25,26)17-9-10-22(31)29(13-17)14-21(30)28-27-12-20-18-7-3-1-5-15(18)11-16-6-2-4-8-19(16)20/h1-13H,14H2,(H,28,30)/b27-12-. The van der Waals surface area contributed by atoms with E-state index < -0.39 is 29.8 Å². The van der Waals surface area contributed by atoms with Crippen LogP contribution in [-0.2, 0) is 17.5 Å². The zero-order valence-electron chi connectivity index (χ0n) is 16.1. The van der Waals surface area contributed by atoms with Crippen molar-refractivity contribution in [2.24, 2.45) is 5.10 Å². The Morgan fingerprint density at radius 1 is 0.968 bits per heavy atom. The molecule has 8 heteroatoms. The van der Waals surface area contributed by atoms with Gasteiger partial charge in [-0.2, -0.15) is 18.3 Å². The predicted molar refractivity (Wildman–Crippen MR) is 113 cm³/mol. The van der Waals surface area contributed by atoms with Gasteiger partial charge in [-0.25, -0.2) is 5.43 Å². The van der Waals surface area contributed by atoms with Gasteiger partial charge in [-0.05, 0) is 33.7 Å². The molecule has 4 rings (SSSR count). The maximum Gasteiger partial charge on any atom is 0.417 e. The Labute approximate surface area is 174 Å². The molecule has 0 bridgehead atoms. The van der Waals surface area contributed by atoms with Gasteiger partial charge in [-0.3, -0.25) is 9.59 Å². The Balaban J connectivity index is 1.59. The first-order valence-electron chi connectivity index (χ1n) is 9.33. The molecule has 0 spiro atoms. The van der Waals surface area contributed by atoms with Crippen LogP contribution in [-0.4, -0.2) is 16.7 Å². The lowest BCUT2D eigenvalue weighted by molar-refractivity contribution is -0.138. The summed E-state index contributed by atoms with van der Waals surface area (Å²) in [6.45, 7) is -0.587. The van der Waals surface area contributed by atoms with Crippen LogP contribution in [0.25, 0.3) is 21.5 Å². The first-order chi connectivity index (χ1) is 14.8. The molecule has 0 atom stereocenters. The van der Waals surface area contributed by atoms with Crippen molar-refractivity contribution in [3.05, 3.63) is 94.4 Å². The van der Waals surface area contributed by atoms with E-state index in [1.54, 1.807) is 0 Å². The number of fused-ring (bicyclic) bond motifs is 2. The van der Waals surface area contributed by atoms with Crippen molar-refractivity contribution < 1.29 is 18.0 Å². The van der Waals surface area contributed by atoms with E-state index in [9.17, 15) is 22.8 Å². The summed E-state index contributed by atoms with van der Waals surface area (Å²) in [4.78, 5) is 24.0. The van der Waals surface area contributed by atoms with Crippen molar-refractivity contribution >= 4 is 33.7 Å². The van der Waals surface area contributed by atoms with Gasteiger partial charge < -0.3 is 4.57 Å². The summed E-state index contributed by atoms with van der Waals surface area (Å²) in [5.41, 5.74) is 1.36. The molecule has 31 heavy (non-hydrogen) atoms. The number of rotatable bonds is 4. The Morgan fingerprint density at radius 3 is 2.19 bits per heavy atom. The van der Waals surface area contributed by atoms with Crippen LogP contribution in [0.4, 0.5) is 13.2 Å². The van der Waals surface area contributed by atoms with Crippen LogP contribution in [0.5, 0.6) is 0 Å². The van der Waals surface area contributed by atoms with Gasteiger partial charge in [0.2, 0.25) is 0 Å². The summed E-state index contributed by atoms with van der Waals surface area (Å²) < 4.78 is 39.2. The number of nitrogens with one attached hydrogen (secondary N) is 1. The Hall–Kier alpha value is -3.94. The number of carbonyl (C=O) groups is 1. The second-order valence-corrected chi connectivity index (χ2v) is 6.91. The van der Waals surface area contributed by atoms with Gasteiger partial charge >= 0.3 is 6.18 Å². The molecule has 3 aromatic carbocycles. The normalized spacial score (nSPS) is 12.0.